The highest BCUT2D eigenvalue weighted by Gasteiger charge is 2.30. The van der Waals surface area contributed by atoms with Crippen LogP contribution in [0.1, 0.15) is 75.5 Å². The Morgan fingerprint density at radius 1 is 0.906 bits per heavy atom. The summed E-state index contributed by atoms with van der Waals surface area (Å²) in [5, 5.41) is 3.24. The van der Waals surface area contributed by atoms with Gasteiger partial charge in [0, 0.05) is 19.0 Å². The van der Waals surface area contributed by atoms with E-state index in [4.69, 9.17) is 0 Å². The van der Waals surface area contributed by atoms with Gasteiger partial charge in [-0.25, -0.2) is 0 Å². The summed E-state index contributed by atoms with van der Waals surface area (Å²) in [6, 6.07) is 18.3. The number of rotatable bonds is 10. The van der Waals surface area contributed by atoms with Crippen LogP contribution in [0, 0.1) is 0 Å². The van der Waals surface area contributed by atoms with Crippen LogP contribution in [0.4, 0.5) is 0 Å². The summed E-state index contributed by atoms with van der Waals surface area (Å²) in [7, 11) is 0. The zero-order chi connectivity index (χ0) is 22.8. The molecule has 172 valence electrons. The Balaban J connectivity index is 1.71. The molecule has 0 bridgehead atoms. The van der Waals surface area contributed by atoms with Gasteiger partial charge in [-0.1, -0.05) is 87.7 Å². The molecule has 1 aliphatic carbocycles. The predicted octanol–water partition coefficient (Wildman–Crippen LogP) is 5.44. The van der Waals surface area contributed by atoms with Gasteiger partial charge in [0.25, 0.3) is 0 Å². The Hall–Kier alpha value is -2.62. The number of amides is 2. The third kappa shape index (κ3) is 6.94. The van der Waals surface area contributed by atoms with Crippen LogP contribution in [0.25, 0.3) is 0 Å². The molecule has 2 amide bonds. The summed E-state index contributed by atoms with van der Waals surface area (Å²) in [6.07, 6.45) is 8.41. The monoisotopic (exact) mass is 434 g/mol. The number of nitrogens with one attached hydrogen (secondary N) is 1. The maximum absolute atomic E-state index is 13.4. The number of aryl methyl sites for hydroxylation is 2. The van der Waals surface area contributed by atoms with E-state index < -0.39 is 6.04 Å². The minimum atomic E-state index is -0.438. The van der Waals surface area contributed by atoms with Gasteiger partial charge in [-0.3, -0.25) is 9.59 Å². The van der Waals surface area contributed by atoms with E-state index in [9.17, 15) is 9.59 Å². The summed E-state index contributed by atoms with van der Waals surface area (Å²) >= 11 is 0. The van der Waals surface area contributed by atoms with Crippen molar-refractivity contribution in [2.75, 3.05) is 0 Å². The van der Waals surface area contributed by atoms with Crippen LogP contribution in [-0.2, 0) is 29.0 Å². The molecule has 1 atom stereocenters. The highest BCUT2D eigenvalue weighted by molar-refractivity contribution is 5.88. The second-order valence-electron chi connectivity index (χ2n) is 8.94. The van der Waals surface area contributed by atoms with E-state index in [1.165, 1.54) is 24.8 Å². The van der Waals surface area contributed by atoms with Crippen molar-refractivity contribution in [2.24, 2.45) is 0 Å². The first-order chi connectivity index (χ1) is 15.6. The van der Waals surface area contributed by atoms with Gasteiger partial charge >= 0.3 is 0 Å². The van der Waals surface area contributed by atoms with Crippen LogP contribution >= 0.6 is 0 Å². The first-order valence-corrected chi connectivity index (χ1v) is 12.3. The van der Waals surface area contributed by atoms with Crippen molar-refractivity contribution in [1.82, 2.24) is 10.2 Å². The fourth-order valence-corrected chi connectivity index (χ4v) is 4.58. The van der Waals surface area contributed by atoms with Gasteiger partial charge in [0.15, 0.2) is 0 Å². The minimum absolute atomic E-state index is 0.00372. The van der Waals surface area contributed by atoms with Crippen molar-refractivity contribution in [3.8, 4) is 0 Å². The van der Waals surface area contributed by atoms with E-state index in [2.05, 4.69) is 36.5 Å². The van der Waals surface area contributed by atoms with Crippen molar-refractivity contribution in [3.63, 3.8) is 0 Å². The summed E-state index contributed by atoms with van der Waals surface area (Å²) < 4.78 is 0. The fourth-order valence-electron chi connectivity index (χ4n) is 4.58. The van der Waals surface area contributed by atoms with Gasteiger partial charge in [-0.05, 0) is 48.8 Å². The van der Waals surface area contributed by atoms with Crippen LogP contribution in [0.2, 0.25) is 0 Å². The van der Waals surface area contributed by atoms with Crippen LogP contribution in [-0.4, -0.2) is 28.8 Å². The summed E-state index contributed by atoms with van der Waals surface area (Å²) in [5.41, 5.74) is 3.52. The molecule has 4 nitrogen and oxygen atoms in total. The standard InChI is InChI=1S/C28H38N2O2/c1-3-22-15-17-23(18-16-22)19-20-27(31)30(21-24-11-7-5-8-12-24)26(4-2)28(32)29-25-13-9-6-10-14-25/h5,7-8,11-12,15-18,25-26H,3-4,6,9-10,13-14,19-21H2,1-2H3,(H,29,32)/t26-/m0/s1. The average molecular weight is 435 g/mol. The second-order valence-corrected chi connectivity index (χ2v) is 8.94. The molecule has 1 saturated carbocycles. The van der Waals surface area contributed by atoms with E-state index in [0.29, 0.717) is 25.8 Å². The predicted molar refractivity (Wildman–Crippen MR) is 130 cm³/mol. The molecule has 0 aliphatic heterocycles. The lowest BCUT2D eigenvalue weighted by Crippen LogP contribution is -2.51. The van der Waals surface area contributed by atoms with Gasteiger partial charge in [-0.15, -0.1) is 0 Å². The Kier molecular flexibility index (Phi) is 9.33. The molecule has 0 spiro atoms. The molecular formula is C28H38N2O2. The first kappa shape index (κ1) is 24.0. The Morgan fingerprint density at radius 3 is 2.19 bits per heavy atom. The maximum Gasteiger partial charge on any atom is 0.243 e. The molecule has 1 fully saturated rings. The van der Waals surface area contributed by atoms with Crippen molar-refractivity contribution >= 4 is 11.8 Å². The zero-order valence-electron chi connectivity index (χ0n) is 19.7. The van der Waals surface area contributed by atoms with Crippen molar-refractivity contribution in [3.05, 3.63) is 71.3 Å². The third-order valence-corrected chi connectivity index (χ3v) is 6.59. The molecule has 0 unspecified atom stereocenters. The Bertz CT molecular complexity index is 841. The van der Waals surface area contributed by atoms with Gasteiger partial charge in [-0.2, -0.15) is 0 Å². The molecule has 2 aromatic rings. The number of benzene rings is 2. The van der Waals surface area contributed by atoms with Crippen molar-refractivity contribution < 1.29 is 9.59 Å². The van der Waals surface area contributed by atoms with Gasteiger partial charge in [0.05, 0.1) is 0 Å². The summed E-state index contributed by atoms with van der Waals surface area (Å²) in [6.45, 7) is 4.61. The highest BCUT2D eigenvalue weighted by Crippen LogP contribution is 2.20. The molecule has 1 aliphatic rings. The number of hydrogen-bond acceptors (Lipinski definition) is 2. The quantitative estimate of drug-likeness (QED) is 0.541. The minimum Gasteiger partial charge on any atom is -0.352 e. The normalized spacial score (nSPS) is 15.2. The molecule has 0 heterocycles. The van der Waals surface area contributed by atoms with E-state index in [1.807, 2.05) is 37.3 Å². The Morgan fingerprint density at radius 2 is 1.56 bits per heavy atom. The lowest BCUT2D eigenvalue weighted by molar-refractivity contribution is -0.141. The summed E-state index contributed by atoms with van der Waals surface area (Å²) in [5.74, 6) is 0.0371. The molecule has 0 aromatic heterocycles. The number of carbonyl (C=O) groups is 2. The largest absolute Gasteiger partial charge is 0.352 e. The zero-order valence-corrected chi connectivity index (χ0v) is 19.7. The van der Waals surface area contributed by atoms with Crippen LogP contribution < -0.4 is 5.32 Å². The van der Waals surface area contributed by atoms with Gasteiger partial charge in [0.2, 0.25) is 11.8 Å². The van der Waals surface area contributed by atoms with E-state index in [-0.39, 0.29) is 17.9 Å². The molecule has 0 radical (unpaired) electrons. The third-order valence-electron chi connectivity index (χ3n) is 6.59. The number of nitrogens with zero attached hydrogens (tertiary/aromatic N) is 1. The molecule has 4 heteroatoms. The van der Waals surface area contributed by atoms with E-state index in [1.54, 1.807) is 4.90 Å². The lowest BCUT2D eigenvalue weighted by atomic mass is 9.95. The second kappa shape index (κ2) is 12.4. The molecule has 2 aromatic carbocycles. The molecule has 1 N–H and O–H groups in total. The van der Waals surface area contributed by atoms with Crippen LogP contribution in [0.15, 0.2) is 54.6 Å². The Labute approximate surface area is 193 Å². The van der Waals surface area contributed by atoms with E-state index in [0.717, 1.165) is 30.4 Å². The number of hydrogen-bond donors (Lipinski definition) is 1. The molecule has 3 rings (SSSR count). The van der Waals surface area contributed by atoms with Crippen LogP contribution in [0.5, 0.6) is 0 Å². The van der Waals surface area contributed by atoms with Crippen molar-refractivity contribution in [2.45, 2.75) is 90.3 Å². The summed E-state index contributed by atoms with van der Waals surface area (Å²) in [4.78, 5) is 28.4. The van der Waals surface area contributed by atoms with Crippen LogP contribution in [0.3, 0.4) is 0 Å². The first-order valence-electron chi connectivity index (χ1n) is 12.3. The van der Waals surface area contributed by atoms with Crippen molar-refractivity contribution in [1.29, 1.82) is 0 Å². The SMILES string of the molecule is CCc1ccc(CCC(=O)N(Cc2ccccc2)[C@@H](CC)C(=O)NC2CCCCC2)cc1. The van der Waals surface area contributed by atoms with Gasteiger partial charge in [0.1, 0.15) is 6.04 Å². The molecular weight excluding hydrogens is 396 g/mol. The van der Waals surface area contributed by atoms with E-state index >= 15 is 0 Å². The smallest absolute Gasteiger partial charge is 0.243 e. The maximum atomic E-state index is 13.4. The molecule has 0 saturated heterocycles. The lowest BCUT2D eigenvalue weighted by Gasteiger charge is -2.33. The average Bonchev–Trinajstić information content (AvgIpc) is 2.84. The molecule has 32 heavy (non-hydrogen) atoms. The fraction of sp³-hybridized carbons (Fsp3) is 0.500. The number of carbonyl (C=O) groups excluding carboxylic acids is 2. The topological polar surface area (TPSA) is 49.4 Å². The van der Waals surface area contributed by atoms with Gasteiger partial charge < -0.3 is 10.2 Å². The highest BCUT2D eigenvalue weighted by atomic mass is 16.2.